The van der Waals surface area contributed by atoms with Crippen LogP contribution in [0.2, 0.25) is 0 Å². The lowest BCUT2D eigenvalue weighted by molar-refractivity contribution is -0.137. The maximum Gasteiger partial charge on any atom is 0.370 e. The SMILES string of the molecule is CC(=CC=C(O)C(=O)O)C(=O)CC[C@@H]1C(=O)CC[C@]2(C)C(=O)CCC12. The van der Waals surface area contributed by atoms with Gasteiger partial charge < -0.3 is 10.2 Å². The zero-order chi connectivity index (χ0) is 18.8. The molecule has 0 bridgehead atoms. The predicted molar refractivity (Wildman–Crippen MR) is 89.9 cm³/mol. The first-order valence-corrected chi connectivity index (χ1v) is 8.57. The van der Waals surface area contributed by atoms with E-state index < -0.39 is 17.1 Å². The van der Waals surface area contributed by atoms with Gasteiger partial charge in [-0.25, -0.2) is 4.79 Å². The first-order chi connectivity index (χ1) is 11.7. The van der Waals surface area contributed by atoms with Crippen molar-refractivity contribution >= 4 is 23.3 Å². The molecule has 136 valence electrons. The number of hydrogen-bond acceptors (Lipinski definition) is 5. The van der Waals surface area contributed by atoms with Gasteiger partial charge in [-0.2, -0.15) is 0 Å². The monoisotopic (exact) mass is 348 g/mol. The zero-order valence-corrected chi connectivity index (χ0v) is 14.6. The van der Waals surface area contributed by atoms with Crippen LogP contribution in [0.5, 0.6) is 0 Å². The van der Waals surface area contributed by atoms with E-state index in [9.17, 15) is 19.2 Å². The van der Waals surface area contributed by atoms with E-state index in [1.807, 2.05) is 6.92 Å². The van der Waals surface area contributed by atoms with Crippen molar-refractivity contribution in [2.24, 2.45) is 17.3 Å². The molecule has 3 atom stereocenters. The smallest absolute Gasteiger partial charge is 0.370 e. The van der Waals surface area contributed by atoms with Gasteiger partial charge in [0, 0.05) is 30.6 Å². The third-order valence-corrected chi connectivity index (χ3v) is 5.76. The molecule has 2 N–H and O–H groups in total. The summed E-state index contributed by atoms with van der Waals surface area (Å²) >= 11 is 0. The molecule has 0 spiro atoms. The third kappa shape index (κ3) is 3.89. The fourth-order valence-electron chi connectivity index (χ4n) is 4.07. The number of ketones is 3. The molecule has 2 fully saturated rings. The summed E-state index contributed by atoms with van der Waals surface area (Å²) in [6, 6.07) is 0. The lowest BCUT2D eigenvalue weighted by Gasteiger charge is -2.39. The van der Waals surface area contributed by atoms with Gasteiger partial charge in [-0.05, 0) is 43.8 Å². The minimum Gasteiger partial charge on any atom is -0.502 e. The summed E-state index contributed by atoms with van der Waals surface area (Å²) in [5, 5.41) is 17.7. The van der Waals surface area contributed by atoms with E-state index in [-0.39, 0.29) is 35.6 Å². The van der Waals surface area contributed by atoms with E-state index in [4.69, 9.17) is 10.2 Å². The molecule has 0 aliphatic heterocycles. The minimum absolute atomic E-state index is 0.0225. The van der Waals surface area contributed by atoms with Crippen LogP contribution in [0, 0.1) is 17.3 Å². The van der Waals surface area contributed by atoms with Crippen molar-refractivity contribution in [1.82, 2.24) is 0 Å². The Morgan fingerprint density at radius 3 is 2.52 bits per heavy atom. The second-order valence-electron chi connectivity index (χ2n) is 7.23. The fraction of sp³-hybridized carbons (Fsp3) is 0.579. The Morgan fingerprint density at radius 1 is 1.20 bits per heavy atom. The van der Waals surface area contributed by atoms with Crippen LogP contribution < -0.4 is 0 Å². The Kier molecular flexibility index (Phi) is 5.60. The van der Waals surface area contributed by atoms with Crippen molar-refractivity contribution in [1.29, 1.82) is 0 Å². The molecule has 0 aromatic rings. The van der Waals surface area contributed by atoms with Gasteiger partial charge in [-0.3, -0.25) is 14.4 Å². The summed E-state index contributed by atoms with van der Waals surface area (Å²) in [5.41, 5.74) is -0.107. The number of allylic oxidation sites excluding steroid dienone is 3. The van der Waals surface area contributed by atoms with Crippen LogP contribution in [0.3, 0.4) is 0 Å². The van der Waals surface area contributed by atoms with Crippen molar-refractivity contribution in [3.63, 3.8) is 0 Å². The topological polar surface area (TPSA) is 109 Å². The molecule has 2 aliphatic rings. The van der Waals surface area contributed by atoms with E-state index >= 15 is 0 Å². The summed E-state index contributed by atoms with van der Waals surface area (Å²) in [5.74, 6) is -2.37. The standard InChI is InChI=1S/C19H24O6/c1-11(3-6-16(22)18(24)25)14(20)7-4-12-13-5-8-17(23)19(13,2)10-9-15(12)21/h3,6,12-13,22H,4-5,7-10H2,1-2H3,(H,24,25)/t12-,13?,19-/m0/s1. The number of hydrogen-bond donors (Lipinski definition) is 2. The molecule has 0 amide bonds. The van der Waals surface area contributed by atoms with Gasteiger partial charge in [0.1, 0.15) is 11.6 Å². The highest BCUT2D eigenvalue weighted by molar-refractivity contribution is 5.96. The van der Waals surface area contributed by atoms with Gasteiger partial charge in [0.25, 0.3) is 0 Å². The molecule has 25 heavy (non-hydrogen) atoms. The molecule has 1 unspecified atom stereocenters. The average Bonchev–Trinajstić information content (AvgIpc) is 2.87. The number of carbonyl (C=O) groups is 4. The Bertz CT molecular complexity index is 671. The Labute approximate surface area is 146 Å². The number of carboxylic acid groups (broad SMARTS) is 1. The highest BCUT2D eigenvalue weighted by atomic mass is 16.4. The van der Waals surface area contributed by atoms with Crippen molar-refractivity contribution in [3.05, 3.63) is 23.5 Å². The van der Waals surface area contributed by atoms with E-state index in [0.29, 0.717) is 37.7 Å². The first kappa shape index (κ1) is 19.1. The van der Waals surface area contributed by atoms with Crippen LogP contribution in [-0.4, -0.2) is 33.5 Å². The number of aliphatic hydroxyl groups excluding tert-OH is 1. The van der Waals surface area contributed by atoms with Crippen LogP contribution in [0.15, 0.2) is 23.5 Å². The van der Waals surface area contributed by atoms with Crippen LogP contribution in [0.1, 0.15) is 52.4 Å². The van der Waals surface area contributed by atoms with Crippen molar-refractivity contribution in [2.75, 3.05) is 0 Å². The van der Waals surface area contributed by atoms with E-state index in [0.717, 1.165) is 6.08 Å². The number of rotatable bonds is 6. The second-order valence-corrected chi connectivity index (χ2v) is 7.23. The summed E-state index contributed by atoms with van der Waals surface area (Å²) in [6.45, 7) is 3.48. The Balaban J connectivity index is 2.02. The highest BCUT2D eigenvalue weighted by Gasteiger charge is 2.53. The van der Waals surface area contributed by atoms with Crippen LogP contribution in [0.25, 0.3) is 0 Å². The summed E-state index contributed by atoms with van der Waals surface area (Å²) in [6.07, 6.45) is 5.03. The third-order valence-electron chi connectivity index (χ3n) is 5.76. The molecule has 2 saturated carbocycles. The number of fused-ring (bicyclic) bond motifs is 1. The summed E-state index contributed by atoms with van der Waals surface area (Å²) in [7, 11) is 0. The number of aliphatic carboxylic acids is 1. The van der Waals surface area contributed by atoms with Gasteiger partial charge in [-0.15, -0.1) is 0 Å². The van der Waals surface area contributed by atoms with Gasteiger partial charge >= 0.3 is 5.97 Å². The van der Waals surface area contributed by atoms with Crippen LogP contribution in [-0.2, 0) is 19.2 Å². The van der Waals surface area contributed by atoms with Gasteiger partial charge in [0.05, 0.1) is 0 Å². The van der Waals surface area contributed by atoms with Gasteiger partial charge in [-0.1, -0.05) is 13.0 Å². The number of carboxylic acids is 1. The molecule has 2 aliphatic carbocycles. The zero-order valence-electron chi connectivity index (χ0n) is 14.6. The highest BCUT2D eigenvalue weighted by Crippen LogP contribution is 2.52. The number of aliphatic hydroxyl groups is 1. The molecular formula is C19H24O6. The second kappa shape index (κ2) is 7.33. The predicted octanol–water partition coefficient (Wildman–Crippen LogP) is 2.77. The van der Waals surface area contributed by atoms with Gasteiger partial charge in [0.15, 0.2) is 5.78 Å². The maximum atomic E-state index is 12.3. The fourth-order valence-corrected chi connectivity index (χ4v) is 4.07. The maximum absolute atomic E-state index is 12.3. The van der Waals surface area contributed by atoms with E-state index in [1.165, 1.54) is 6.08 Å². The molecule has 0 radical (unpaired) electrons. The average molecular weight is 348 g/mol. The normalized spacial score (nSPS) is 30.3. The molecule has 0 aromatic heterocycles. The molecule has 0 aromatic carbocycles. The lowest BCUT2D eigenvalue weighted by Crippen LogP contribution is -2.42. The van der Waals surface area contributed by atoms with Gasteiger partial charge in [0.2, 0.25) is 5.76 Å². The van der Waals surface area contributed by atoms with E-state index in [1.54, 1.807) is 6.92 Å². The Hall–Kier alpha value is -2.24. The largest absolute Gasteiger partial charge is 0.502 e. The lowest BCUT2D eigenvalue weighted by atomic mass is 9.62. The minimum atomic E-state index is -1.46. The molecule has 6 heteroatoms. The van der Waals surface area contributed by atoms with Crippen molar-refractivity contribution in [2.45, 2.75) is 52.4 Å². The number of carbonyl (C=O) groups excluding carboxylic acids is 3. The first-order valence-electron chi connectivity index (χ1n) is 8.57. The molecule has 0 saturated heterocycles. The van der Waals surface area contributed by atoms with Crippen LogP contribution in [0.4, 0.5) is 0 Å². The number of Topliss-reactive ketones (excluding diaryl/α,β-unsaturated/α-hetero) is 3. The van der Waals surface area contributed by atoms with Crippen molar-refractivity contribution < 1.29 is 29.4 Å². The Morgan fingerprint density at radius 2 is 1.88 bits per heavy atom. The quantitative estimate of drug-likeness (QED) is 0.434. The molecule has 6 nitrogen and oxygen atoms in total. The molecule has 0 heterocycles. The summed E-state index contributed by atoms with van der Waals surface area (Å²) < 4.78 is 0. The summed E-state index contributed by atoms with van der Waals surface area (Å²) in [4.78, 5) is 47.2. The molecule has 2 rings (SSSR count). The molecular weight excluding hydrogens is 324 g/mol. The van der Waals surface area contributed by atoms with E-state index in [2.05, 4.69) is 0 Å². The van der Waals surface area contributed by atoms with Crippen molar-refractivity contribution in [3.8, 4) is 0 Å². The van der Waals surface area contributed by atoms with Crippen LogP contribution >= 0.6 is 0 Å².